The SMILES string of the molecule is COCCCNCCN1CCC(CN(C)C)CC1. The number of likely N-dealkylation sites (tertiary alicyclic amines) is 1. The zero-order chi connectivity index (χ0) is 13.2. The second kappa shape index (κ2) is 9.73. The number of nitrogens with zero attached hydrogens (tertiary/aromatic N) is 2. The van der Waals surface area contributed by atoms with E-state index in [-0.39, 0.29) is 0 Å². The minimum absolute atomic E-state index is 0.864. The third-order valence-corrected chi connectivity index (χ3v) is 3.64. The van der Waals surface area contributed by atoms with Crippen LogP contribution in [0.1, 0.15) is 19.3 Å². The summed E-state index contributed by atoms with van der Waals surface area (Å²) in [4.78, 5) is 4.91. The van der Waals surface area contributed by atoms with Crippen molar-refractivity contribution in [3.8, 4) is 0 Å². The summed E-state index contributed by atoms with van der Waals surface area (Å²) < 4.78 is 5.03. The minimum Gasteiger partial charge on any atom is -0.385 e. The Hall–Kier alpha value is -0.160. The molecule has 0 atom stereocenters. The third-order valence-electron chi connectivity index (χ3n) is 3.64. The molecule has 0 aromatic heterocycles. The molecule has 1 rings (SSSR count). The summed E-state index contributed by atoms with van der Waals surface area (Å²) in [6.07, 6.45) is 3.84. The normalized spacial score (nSPS) is 18.7. The van der Waals surface area contributed by atoms with E-state index in [1.165, 1.54) is 39.0 Å². The van der Waals surface area contributed by atoms with Gasteiger partial charge in [-0.05, 0) is 58.9 Å². The van der Waals surface area contributed by atoms with Crippen LogP contribution in [0.3, 0.4) is 0 Å². The van der Waals surface area contributed by atoms with Crippen molar-refractivity contribution in [3.05, 3.63) is 0 Å². The van der Waals surface area contributed by atoms with Gasteiger partial charge in [0.25, 0.3) is 0 Å². The highest BCUT2D eigenvalue weighted by Gasteiger charge is 2.18. The Kier molecular flexibility index (Phi) is 8.59. The highest BCUT2D eigenvalue weighted by molar-refractivity contribution is 4.74. The van der Waals surface area contributed by atoms with E-state index in [9.17, 15) is 0 Å². The third kappa shape index (κ3) is 7.31. The molecule has 4 nitrogen and oxygen atoms in total. The van der Waals surface area contributed by atoms with Crippen molar-refractivity contribution in [1.82, 2.24) is 15.1 Å². The van der Waals surface area contributed by atoms with Gasteiger partial charge in [-0.15, -0.1) is 0 Å². The second-order valence-electron chi connectivity index (χ2n) is 5.64. The van der Waals surface area contributed by atoms with Gasteiger partial charge in [0.2, 0.25) is 0 Å². The number of methoxy groups -OCH3 is 1. The summed E-state index contributed by atoms with van der Waals surface area (Å²) >= 11 is 0. The standard InChI is InChI=1S/C14H31N3O/c1-16(2)13-14-5-9-17(10-6-14)11-8-15-7-4-12-18-3/h14-15H,4-13H2,1-3H3. The molecule has 1 aliphatic heterocycles. The van der Waals surface area contributed by atoms with Crippen molar-refractivity contribution >= 4 is 0 Å². The monoisotopic (exact) mass is 257 g/mol. The maximum atomic E-state index is 5.03. The molecule has 0 bridgehead atoms. The first-order valence-corrected chi connectivity index (χ1v) is 7.29. The number of ether oxygens (including phenoxy) is 1. The highest BCUT2D eigenvalue weighted by Crippen LogP contribution is 2.17. The van der Waals surface area contributed by atoms with Gasteiger partial charge in [-0.1, -0.05) is 0 Å². The molecule has 0 aromatic carbocycles. The Morgan fingerprint density at radius 3 is 2.56 bits per heavy atom. The first kappa shape index (κ1) is 15.9. The largest absolute Gasteiger partial charge is 0.385 e. The summed E-state index contributed by atoms with van der Waals surface area (Å²) in [7, 11) is 6.12. The molecule has 1 fully saturated rings. The Bertz CT molecular complexity index is 191. The number of piperidine rings is 1. The van der Waals surface area contributed by atoms with E-state index >= 15 is 0 Å². The fraction of sp³-hybridized carbons (Fsp3) is 1.00. The minimum atomic E-state index is 0.864. The molecule has 1 aliphatic rings. The maximum Gasteiger partial charge on any atom is 0.0474 e. The molecule has 108 valence electrons. The Morgan fingerprint density at radius 2 is 1.94 bits per heavy atom. The van der Waals surface area contributed by atoms with Gasteiger partial charge in [0.1, 0.15) is 0 Å². The molecule has 0 unspecified atom stereocenters. The molecule has 1 N–H and O–H groups in total. The molecular weight excluding hydrogens is 226 g/mol. The molecule has 4 heteroatoms. The van der Waals surface area contributed by atoms with Crippen LogP contribution in [0, 0.1) is 5.92 Å². The zero-order valence-corrected chi connectivity index (χ0v) is 12.5. The van der Waals surface area contributed by atoms with Crippen molar-refractivity contribution in [2.75, 3.05) is 67.1 Å². The molecule has 1 saturated heterocycles. The van der Waals surface area contributed by atoms with E-state index in [1.807, 2.05) is 0 Å². The van der Waals surface area contributed by atoms with Crippen LogP contribution in [0.5, 0.6) is 0 Å². The fourth-order valence-electron chi connectivity index (χ4n) is 2.61. The lowest BCUT2D eigenvalue weighted by Crippen LogP contribution is -2.40. The molecule has 0 spiro atoms. The summed E-state index contributed by atoms with van der Waals surface area (Å²) in [5, 5.41) is 3.48. The van der Waals surface area contributed by atoms with Crippen molar-refractivity contribution in [2.45, 2.75) is 19.3 Å². The smallest absolute Gasteiger partial charge is 0.0474 e. The van der Waals surface area contributed by atoms with Gasteiger partial charge in [0.15, 0.2) is 0 Å². The van der Waals surface area contributed by atoms with E-state index in [0.29, 0.717) is 0 Å². The van der Waals surface area contributed by atoms with Crippen molar-refractivity contribution in [2.24, 2.45) is 5.92 Å². The lowest BCUT2D eigenvalue weighted by atomic mass is 9.96. The topological polar surface area (TPSA) is 27.7 Å². The lowest BCUT2D eigenvalue weighted by molar-refractivity contribution is 0.162. The average Bonchev–Trinajstić information content (AvgIpc) is 2.35. The maximum absolute atomic E-state index is 5.03. The van der Waals surface area contributed by atoms with Crippen LogP contribution in [0.2, 0.25) is 0 Å². The van der Waals surface area contributed by atoms with E-state index < -0.39 is 0 Å². The van der Waals surface area contributed by atoms with Gasteiger partial charge in [-0.25, -0.2) is 0 Å². The average molecular weight is 257 g/mol. The molecule has 0 aliphatic carbocycles. The summed E-state index contributed by atoms with van der Waals surface area (Å²) in [6.45, 7) is 8.05. The van der Waals surface area contributed by atoms with E-state index in [2.05, 4.69) is 29.2 Å². The van der Waals surface area contributed by atoms with Gasteiger partial charge in [0, 0.05) is 33.4 Å². The van der Waals surface area contributed by atoms with Gasteiger partial charge in [-0.2, -0.15) is 0 Å². The molecule has 1 heterocycles. The zero-order valence-electron chi connectivity index (χ0n) is 12.5. The van der Waals surface area contributed by atoms with Crippen LogP contribution in [-0.2, 0) is 4.74 Å². The Morgan fingerprint density at radius 1 is 1.22 bits per heavy atom. The van der Waals surface area contributed by atoms with Gasteiger partial charge in [-0.3, -0.25) is 0 Å². The molecule has 18 heavy (non-hydrogen) atoms. The lowest BCUT2D eigenvalue weighted by Gasteiger charge is -2.33. The molecular formula is C14H31N3O. The van der Waals surface area contributed by atoms with Crippen LogP contribution < -0.4 is 5.32 Å². The first-order chi connectivity index (χ1) is 8.72. The van der Waals surface area contributed by atoms with Crippen molar-refractivity contribution in [3.63, 3.8) is 0 Å². The predicted octanol–water partition coefficient (Wildman–Crippen LogP) is 0.886. The van der Waals surface area contributed by atoms with E-state index in [0.717, 1.165) is 32.0 Å². The summed E-state index contributed by atoms with van der Waals surface area (Å²) in [5.74, 6) is 0.908. The van der Waals surface area contributed by atoms with Gasteiger partial charge in [0.05, 0.1) is 0 Å². The van der Waals surface area contributed by atoms with E-state index in [4.69, 9.17) is 4.74 Å². The van der Waals surface area contributed by atoms with Crippen LogP contribution in [0.25, 0.3) is 0 Å². The summed E-state index contributed by atoms with van der Waals surface area (Å²) in [5.41, 5.74) is 0. The van der Waals surface area contributed by atoms with Crippen LogP contribution in [-0.4, -0.2) is 76.9 Å². The first-order valence-electron chi connectivity index (χ1n) is 7.29. The quantitative estimate of drug-likeness (QED) is 0.621. The number of rotatable bonds is 9. The van der Waals surface area contributed by atoms with Crippen LogP contribution >= 0.6 is 0 Å². The number of nitrogens with one attached hydrogen (secondary N) is 1. The second-order valence-corrected chi connectivity index (χ2v) is 5.64. The highest BCUT2D eigenvalue weighted by atomic mass is 16.5. The van der Waals surface area contributed by atoms with Crippen molar-refractivity contribution in [1.29, 1.82) is 0 Å². The molecule has 0 aromatic rings. The van der Waals surface area contributed by atoms with E-state index in [1.54, 1.807) is 7.11 Å². The van der Waals surface area contributed by atoms with Crippen LogP contribution in [0.15, 0.2) is 0 Å². The number of hydrogen-bond donors (Lipinski definition) is 1. The van der Waals surface area contributed by atoms with Crippen molar-refractivity contribution < 1.29 is 4.74 Å². The fourth-order valence-corrected chi connectivity index (χ4v) is 2.61. The Balaban J connectivity index is 1.95. The molecule has 0 radical (unpaired) electrons. The summed E-state index contributed by atoms with van der Waals surface area (Å²) in [6, 6.07) is 0. The molecule has 0 saturated carbocycles. The Labute approximate surface area is 113 Å². The predicted molar refractivity (Wildman–Crippen MR) is 77.1 cm³/mol. The number of hydrogen-bond acceptors (Lipinski definition) is 4. The van der Waals surface area contributed by atoms with Gasteiger partial charge < -0.3 is 19.9 Å². The molecule has 0 amide bonds. The van der Waals surface area contributed by atoms with Crippen LogP contribution in [0.4, 0.5) is 0 Å². The van der Waals surface area contributed by atoms with Gasteiger partial charge >= 0.3 is 0 Å².